The fourth-order valence-electron chi connectivity index (χ4n) is 6.59. The zero-order chi connectivity index (χ0) is 26.7. The molecule has 0 spiro atoms. The van der Waals surface area contributed by atoms with E-state index in [9.17, 15) is 4.79 Å². The highest BCUT2D eigenvalue weighted by Gasteiger charge is 2.23. The van der Waals surface area contributed by atoms with Gasteiger partial charge in [-0.3, -0.25) is 0 Å². The van der Waals surface area contributed by atoms with Crippen molar-refractivity contribution in [3.63, 3.8) is 0 Å². The minimum absolute atomic E-state index is 0.0143. The van der Waals surface area contributed by atoms with Gasteiger partial charge < -0.3 is 4.74 Å². The summed E-state index contributed by atoms with van der Waals surface area (Å²) in [5.41, 5.74) is 6.36. The molecule has 0 aromatic heterocycles. The molecule has 2 aromatic carbocycles. The van der Waals surface area contributed by atoms with Crippen LogP contribution in [0.2, 0.25) is 0 Å². The first-order chi connectivity index (χ1) is 18.6. The molecule has 206 valence electrons. The summed E-state index contributed by atoms with van der Waals surface area (Å²) in [5.74, 6) is 2.09. The zero-order valence-electron chi connectivity index (χ0n) is 24.2. The molecule has 2 nitrogen and oxygen atoms in total. The van der Waals surface area contributed by atoms with Crippen LogP contribution in [0.5, 0.6) is 0 Å². The number of carbonyl (C=O) groups excluding carboxylic acids is 1. The van der Waals surface area contributed by atoms with E-state index < -0.39 is 0 Å². The Morgan fingerprint density at radius 2 is 1.42 bits per heavy atom. The minimum atomic E-state index is -0.0979. The first kappa shape index (κ1) is 28.7. The van der Waals surface area contributed by atoms with Gasteiger partial charge >= 0.3 is 5.97 Å². The van der Waals surface area contributed by atoms with E-state index in [0.717, 1.165) is 49.5 Å². The van der Waals surface area contributed by atoms with Crippen LogP contribution in [0, 0.1) is 5.92 Å². The number of esters is 1. The number of rotatable bonds is 12. The summed E-state index contributed by atoms with van der Waals surface area (Å²) in [6.07, 6.45) is 19.0. The Morgan fingerprint density at radius 3 is 1.97 bits per heavy atom. The van der Waals surface area contributed by atoms with Crippen LogP contribution in [0.25, 0.3) is 11.1 Å². The van der Waals surface area contributed by atoms with Crippen molar-refractivity contribution in [1.82, 2.24) is 0 Å². The molecular weight excluding hydrogens is 464 g/mol. The van der Waals surface area contributed by atoms with Gasteiger partial charge in [0.15, 0.2) is 0 Å². The monoisotopic (exact) mass is 514 g/mol. The lowest BCUT2D eigenvalue weighted by atomic mass is 9.77. The molecule has 4 rings (SSSR count). The summed E-state index contributed by atoms with van der Waals surface area (Å²) < 4.78 is 5.73. The van der Waals surface area contributed by atoms with E-state index in [0.29, 0.717) is 5.92 Å². The van der Waals surface area contributed by atoms with Gasteiger partial charge in [0.2, 0.25) is 0 Å². The molecule has 0 heterocycles. The second kappa shape index (κ2) is 14.7. The summed E-state index contributed by atoms with van der Waals surface area (Å²) in [4.78, 5) is 12.6. The standard InChI is InChI=1S/C36H50O2/c1-4-6-7-8-10-27(3)38-36(37)35-25-23-34(24-26-35)33-21-19-32(20-22-33)31-17-15-30(16-18-31)29-13-11-28(9-5-2)12-14-29/h15-22,25,27-29,34H,4-14,23-24,26H2,1-3H3. The van der Waals surface area contributed by atoms with Gasteiger partial charge in [0.1, 0.15) is 0 Å². The molecule has 0 amide bonds. The third-order valence-corrected chi connectivity index (χ3v) is 9.09. The minimum Gasteiger partial charge on any atom is -0.459 e. The maximum absolute atomic E-state index is 12.6. The second-order valence-corrected chi connectivity index (χ2v) is 12.0. The Bertz CT molecular complexity index is 1010. The topological polar surface area (TPSA) is 26.3 Å². The van der Waals surface area contributed by atoms with E-state index in [1.165, 1.54) is 80.0 Å². The molecule has 0 radical (unpaired) electrons. The van der Waals surface area contributed by atoms with Gasteiger partial charge in [-0.15, -0.1) is 0 Å². The quantitative estimate of drug-likeness (QED) is 0.208. The van der Waals surface area contributed by atoms with Gasteiger partial charge in [-0.1, -0.05) is 101 Å². The molecule has 2 atom stereocenters. The molecule has 0 N–H and O–H groups in total. The molecule has 0 bridgehead atoms. The fourth-order valence-corrected chi connectivity index (χ4v) is 6.59. The van der Waals surface area contributed by atoms with Crippen LogP contribution in [0.4, 0.5) is 0 Å². The highest BCUT2D eigenvalue weighted by Crippen LogP contribution is 2.38. The smallest absolute Gasteiger partial charge is 0.333 e. The fraction of sp³-hybridized carbons (Fsp3) is 0.583. The maximum Gasteiger partial charge on any atom is 0.333 e. The van der Waals surface area contributed by atoms with Crippen molar-refractivity contribution < 1.29 is 9.53 Å². The summed E-state index contributed by atoms with van der Waals surface area (Å²) in [7, 11) is 0. The maximum atomic E-state index is 12.6. The third kappa shape index (κ3) is 8.08. The predicted molar refractivity (Wildman–Crippen MR) is 160 cm³/mol. The number of benzene rings is 2. The van der Waals surface area contributed by atoms with Crippen molar-refractivity contribution in [2.24, 2.45) is 5.92 Å². The van der Waals surface area contributed by atoms with E-state index >= 15 is 0 Å². The molecule has 2 unspecified atom stereocenters. The second-order valence-electron chi connectivity index (χ2n) is 12.0. The van der Waals surface area contributed by atoms with Crippen molar-refractivity contribution in [2.75, 3.05) is 0 Å². The van der Waals surface area contributed by atoms with Crippen LogP contribution >= 0.6 is 0 Å². The SMILES string of the molecule is CCCCCCC(C)OC(=O)C1=CCC(c2ccc(-c3ccc(C4CCC(CCC)CC4)cc3)cc2)CC1. The van der Waals surface area contributed by atoms with Gasteiger partial charge in [-0.2, -0.15) is 0 Å². The van der Waals surface area contributed by atoms with E-state index in [4.69, 9.17) is 4.74 Å². The van der Waals surface area contributed by atoms with Crippen LogP contribution in [0.1, 0.15) is 134 Å². The first-order valence-electron chi connectivity index (χ1n) is 15.7. The molecular formula is C36H50O2. The van der Waals surface area contributed by atoms with Crippen LogP contribution < -0.4 is 0 Å². The highest BCUT2D eigenvalue weighted by atomic mass is 16.5. The Hall–Kier alpha value is -2.35. The number of unbranched alkanes of at least 4 members (excludes halogenated alkanes) is 3. The Balaban J connectivity index is 1.26. The summed E-state index contributed by atoms with van der Waals surface area (Å²) in [6, 6.07) is 18.5. The molecule has 38 heavy (non-hydrogen) atoms. The van der Waals surface area contributed by atoms with E-state index in [2.05, 4.69) is 68.5 Å². The van der Waals surface area contributed by atoms with Gasteiger partial charge in [0, 0.05) is 5.57 Å². The van der Waals surface area contributed by atoms with Crippen molar-refractivity contribution in [1.29, 1.82) is 0 Å². The normalized spacial score (nSPS) is 22.5. The lowest BCUT2D eigenvalue weighted by molar-refractivity contribution is -0.144. The van der Waals surface area contributed by atoms with Crippen molar-refractivity contribution >= 4 is 5.97 Å². The van der Waals surface area contributed by atoms with Gasteiger partial charge in [0.05, 0.1) is 6.10 Å². The number of carbonyl (C=O) groups is 1. The summed E-state index contributed by atoms with van der Waals surface area (Å²) >= 11 is 0. The average Bonchev–Trinajstić information content (AvgIpc) is 2.96. The Labute approximate surface area is 232 Å². The van der Waals surface area contributed by atoms with Crippen LogP contribution in [-0.2, 0) is 9.53 Å². The Morgan fingerprint density at radius 1 is 0.789 bits per heavy atom. The number of hydrogen-bond acceptors (Lipinski definition) is 2. The lowest BCUT2D eigenvalue weighted by Gasteiger charge is -2.28. The van der Waals surface area contributed by atoms with Crippen LogP contribution in [0.3, 0.4) is 0 Å². The molecule has 2 aromatic rings. The zero-order valence-corrected chi connectivity index (χ0v) is 24.2. The molecule has 2 heteroatoms. The third-order valence-electron chi connectivity index (χ3n) is 9.09. The summed E-state index contributed by atoms with van der Waals surface area (Å²) in [6.45, 7) is 6.57. The molecule has 2 aliphatic carbocycles. The molecule has 1 saturated carbocycles. The number of ether oxygens (including phenoxy) is 1. The van der Waals surface area contributed by atoms with Crippen LogP contribution in [0.15, 0.2) is 60.2 Å². The largest absolute Gasteiger partial charge is 0.459 e. The van der Waals surface area contributed by atoms with Crippen molar-refractivity contribution in [3.05, 3.63) is 71.3 Å². The molecule has 2 aliphatic rings. The Kier molecular flexibility index (Phi) is 11.1. The van der Waals surface area contributed by atoms with Gasteiger partial charge in [-0.25, -0.2) is 4.79 Å². The van der Waals surface area contributed by atoms with Gasteiger partial charge in [0.25, 0.3) is 0 Å². The highest BCUT2D eigenvalue weighted by molar-refractivity contribution is 5.88. The number of hydrogen-bond donors (Lipinski definition) is 0. The molecule has 1 fully saturated rings. The predicted octanol–water partition coefficient (Wildman–Crippen LogP) is 10.5. The van der Waals surface area contributed by atoms with E-state index in [1.807, 2.05) is 6.92 Å². The first-order valence-corrected chi connectivity index (χ1v) is 15.7. The van der Waals surface area contributed by atoms with E-state index in [-0.39, 0.29) is 12.1 Å². The van der Waals surface area contributed by atoms with Gasteiger partial charge in [-0.05, 0) is 105 Å². The number of allylic oxidation sites excluding steroid dienone is 1. The van der Waals surface area contributed by atoms with Crippen molar-refractivity contribution in [2.45, 2.75) is 129 Å². The van der Waals surface area contributed by atoms with Crippen LogP contribution in [-0.4, -0.2) is 12.1 Å². The molecule has 0 saturated heterocycles. The van der Waals surface area contributed by atoms with Crippen molar-refractivity contribution in [3.8, 4) is 11.1 Å². The lowest BCUT2D eigenvalue weighted by Crippen LogP contribution is -2.18. The molecule has 0 aliphatic heterocycles. The van der Waals surface area contributed by atoms with E-state index in [1.54, 1.807) is 0 Å². The average molecular weight is 515 g/mol. The summed E-state index contributed by atoms with van der Waals surface area (Å²) in [5, 5.41) is 0.